The maximum atomic E-state index is 13.4. The van der Waals surface area contributed by atoms with Gasteiger partial charge in [0.05, 0.1) is 12.2 Å². The monoisotopic (exact) mass is 439 g/mol. The predicted molar refractivity (Wildman–Crippen MR) is 118 cm³/mol. The second-order valence-electron chi connectivity index (χ2n) is 7.76. The number of nitrogens with one attached hydrogen (secondary N) is 1. The summed E-state index contributed by atoms with van der Waals surface area (Å²) in [5.41, 5.74) is 3.17. The van der Waals surface area contributed by atoms with Gasteiger partial charge in [-0.25, -0.2) is 4.79 Å². The summed E-state index contributed by atoms with van der Waals surface area (Å²) in [4.78, 5) is 27.6. The van der Waals surface area contributed by atoms with Crippen molar-refractivity contribution in [3.63, 3.8) is 0 Å². The first-order valence-corrected chi connectivity index (χ1v) is 11.1. The molecule has 0 radical (unpaired) electrons. The lowest BCUT2D eigenvalue weighted by atomic mass is 9.72. The molecule has 2 N–H and O–H groups in total. The van der Waals surface area contributed by atoms with E-state index in [1.165, 1.54) is 12.0 Å². The van der Waals surface area contributed by atoms with E-state index in [1.54, 1.807) is 29.5 Å². The van der Waals surface area contributed by atoms with Crippen LogP contribution in [-0.2, 0) is 19.1 Å². The van der Waals surface area contributed by atoms with Crippen molar-refractivity contribution in [2.24, 2.45) is 0 Å². The zero-order valence-electron chi connectivity index (χ0n) is 17.5. The number of phenols is 1. The Balaban J connectivity index is 1.76. The summed E-state index contributed by atoms with van der Waals surface area (Å²) in [6.45, 7) is 2.24. The molecule has 2 aliphatic rings. The van der Waals surface area contributed by atoms with Crippen LogP contribution in [0.2, 0.25) is 0 Å². The molecule has 6 nitrogen and oxygen atoms in total. The normalized spacial score (nSPS) is 21.0. The van der Waals surface area contributed by atoms with Gasteiger partial charge in [0.2, 0.25) is 0 Å². The maximum Gasteiger partial charge on any atom is 0.336 e. The molecule has 2 aromatic rings. The van der Waals surface area contributed by atoms with Gasteiger partial charge in [0, 0.05) is 47.2 Å². The van der Waals surface area contributed by atoms with Crippen LogP contribution in [0, 0.1) is 0 Å². The minimum absolute atomic E-state index is 0.00943. The number of dihydropyridines is 1. The number of carbonyl (C=O) groups excluding carboxylic acids is 2. The highest BCUT2D eigenvalue weighted by atomic mass is 32.1. The van der Waals surface area contributed by atoms with Crippen LogP contribution in [0.3, 0.4) is 0 Å². The van der Waals surface area contributed by atoms with Gasteiger partial charge >= 0.3 is 5.97 Å². The van der Waals surface area contributed by atoms with Crippen molar-refractivity contribution < 1.29 is 24.2 Å². The molecule has 0 spiro atoms. The molecule has 0 unspecified atom stereocenters. The van der Waals surface area contributed by atoms with Crippen LogP contribution in [0.25, 0.3) is 0 Å². The fourth-order valence-electron chi connectivity index (χ4n) is 4.37. The Morgan fingerprint density at radius 1 is 1.23 bits per heavy atom. The van der Waals surface area contributed by atoms with Crippen molar-refractivity contribution in [3.8, 4) is 5.75 Å². The largest absolute Gasteiger partial charge is 0.508 e. The third kappa shape index (κ3) is 4.29. The summed E-state index contributed by atoms with van der Waals surface area (Å²) in [6, 6.07) is 10.8. The smallest absolute Gasteiger partial charge is 0.336 e. The average molecular weight is 440 g/mol. The fraction of sp³-hybridized carbons (Fsp3) is 0.333. The average Bonchev–Trinajstić information content (AvgIpc) is 3.27. The van der Waals surface area contributed by atoms with Crippen LogP contribution in [0.4, 0.5) is 0 Å². The van der Waals surface area contributed by atoms with Crippen LogP contribution in [0.15, 0.2) is 64.3 Å². The van der Waals surface area contributed by atoms with Gasteiger partial charge in [0.25, 0.3) is 0 Å². The highest BCUT2D eigenvalue weighted by Crippen LogP contribution is 2.46. The zero-order valence-corrected chi connectivity index (χ0v) is 18.3. The number of allylic oxidation sites excluding steroid dienone is 3. The van der Waals surface area contributed by atoms with E-state index in [0.717, 1.165) is 5.70 Å². The zero-order chi connectivity index (χ0) is 22.0. The minimum Gasteiger partial charge on any atom is -0.508 e. The number of hydrogen-bond donors (Lipinski definition) is 2. The van der Waals surface area contributed by atoms with E-state index in [-0.39, 0.29) is 30.7 Å². The summed E-state index contributed by atoms with van der Waals surface area (Å²) in [5.74, 6) is -0.866. The van der Waals surface area contributed by atoms with Crippen LogP contribution in [-0.4, -0.2) is 37.2 Å². The second-order valence-corrected chi connectivity index (χ2v) is 8.74. The SMILES string of the molecule is COCCOC(=O)C1=C(C)NC2=C(C(=O)C[C@@H](c3cccs3)C2)[C@@H]1c1cccc(O)c1. The number of aromatic hydroxyl groups is 1. The first kappa shape index (κ1) is 21.3. The van der Waals surface area contributed by atoms with Gasteiger partial charge in [-0.2, -0.15) is 0 Å². The van der Waals surface area contributed by atoms with Gasteiger partial charge in [-0.05, 0) is 42.5 Å². The van der Waals surface area contributed by atoms with E-state index < -0.39 is 11.9 Å². The van der Waals surface area contributed by atoms with Crippen molar-refractivity contribution in [3.05, 3.63) is 74.8 Å². The second kappa shape index (κ2) is 9.08. The maximum absolute atomic E-state index is 13.4. The molecule has 0 amide bonds. The van der Waals surface area contributed by atoms with Crippen LogP contribution >= 0.6 is 11.3 Å². The Morgan fingerprint density at radius 2 is 2.06 bits per heavy atom. The van der Waals surface area contributed by atoms with Crippen LogP contribution < -0.4 is 5.32 Å². The summed E-state index contributed by atoms with van der Waals surface area (Å²) in [6.07, 6.45) is 1.08. The first-order valence-electron chi connectivity index (χ1n) is 10.2. The van der Waals surface area contributed by atoms with Gasteiger partial charge in [0.15, 0.2) is 5.78 Å². The Bertz CT molecular complexity index is 1050. The van der Waals surface area contributed by atoms with Crippen molar-refractivity contribution in [2.75, 3.05) is 20.3 Å². The highest BCUT2D eigenvalue weighted by Gasteiger charge is 2.41. The lowest BCUT2D eigenvalue weighted by Crippen LogP contribution is -2.36. The molecule has 1 aromatic carbocycles. The standard InChI is InChI=1S/C24H25NO5S/c1-14-21(24(28)30-9-8-29-2)22(15-5-3-6-17(26)11-15)23-18(25-14)12-16(13-19(23)27)20-7-4-10-31-20/h3-7,10-11,16,22,25-26H,8-9,12-13H2,1-2H3/t16-,22+/m0/s1. The summed E-state index contributed by atoms with van der Waals surface area (Å²) >= 11 is 1.65. The van der Waals surface area contributed by atoms with Gasteiger partial charge in [0.1, 0.15) is 12.4 Å². The number of ether oxygens (including phenoxy) is 2. The molecule has 4 rings (SSSR count). The molecule has 0 fully saturated rings. The topological polar surface area (TPSA) is 84.9 Å². The molecule has 2 atom stereocenters. The van der Waals surface area contributed by atoms with Crippen LogP contribution in [0.5, 0.6) is 5.75 Å². The van der Waals surface area contributed by atoms with E-state index in [1.807, 2.05) is 24.4 Å². The number of benzene rings is 1. The number of ketones is 1. The minimum atomic E-state index is -0.588. The number of Topliss-reactive ketones (excluding diaryl/α,β-unsaturated/α-hetero) is 1. The third-order valence-corrected chi connectivity index (χ3v) is 6.75. The number of esters is 1. The van der Waals surface area contributed by atoms with Gasteiger partial charge in [-0.15, -0.1) is 11.3 Å². The Morgan fingerprint density at radius 3 is 2.77 bits per heavy atom. The molecule has 7 heteroatoms. The Hall–Kier alpha value is -2.90. The Labute approximate surface area is 185 Å². The Kier molecular flexibility index (Phi) is 6.25. The lowest BCUT2D eigenvalue weighted by molar-refractivity contribution is -0.140. The first-order chi connectivity index (χ1) is 15.0. The van der Waals surface area contributed by atoms with Gasteiger partial charge < -0.3 is 19.9 Å². The summed E-state index contributed by atoms with van der Waals surface area (Å²) in [5, 5.41) is 15.4. The van der Waals surface area contributed by atoms with Crippen molar-refractivity contribution >= 4 is 23.1 Å². The highest BCUT2D eigenvalue weighted by molar-refractivity contribution is 7.10. The molecule has 1 aromatic heterocycles. The molecule has 0 bridgehead atoms. The molecule has 162 valence electrons. The van der Waals surface area contributed by atoms with E-state index in [0.29, 0.717) is 35.2 Å². The number of hydrogen-bond acceptors (Lipinski definition) is 7. The summed E-state index contributed by atoms with van der Waals surface area (Å²) in [7, 11) is 1.54. The predicted octanol–water partition coefficient (Wildman–Crippen LogP) is 4.00. The molecule has 0 saturated carbocycles. The molecule has 2 heterocycles. The van der Waals surface area contributed by atoms with Gasteiger partial charge in [-0.1, -0.05) is 18.2 Å². The van der Waals surface area contributed by atoms with Crippen molar-refractivity contribution in [1.29, 1.82) is 0 Å². The third-order valence-electron chi connectivity index (χ3n) is 5.72. The van der Waals surface area contributed by atoms with E-state index in [4.69, 9.17) is 9.47 Å². The fourth-order valence-corrected chi connectivity index (χ4v) is 5.20. The van der Waals surface area contributed by atoms with E-state index in [2.05, 4.69) is 11.4 Å². The van der Waals surface area contributed by atoms with E-state index in [9.17, 15) is 14.7 Å². The number of methoxy groups -OCH3 is 1. The van der Waals surface area contributed by atoms with E-state index >= 15 is 0 Å². The van der Waals surface area contributed by atoms with Crippen LogP contribution in [0.1, 0.15) is 42.0 Å². The quantitative estimate of drug-likeness (QED) is 0.523. The summed E-state index contributed by atoms with van der Waals surface area (Å²) < 4.78 is 10.4. The number of phenolic OH excluding ortho intramolecular Hbond substituents is 1. The lowest BCUT2D eigenvalue weighted by Gasteiger charge is -2.36. The van der Waals surface area contributed by atoms with Crippen molar-refractivity contribution in [1.82, 2.24) is 5.32 Å². The number of thiophene rings is 1. The molecule has 31 heavy (non-hydrogen) atoms. The molecular weight excluding hydrogens is 414 g/mol. The molecule has 0 saturated heterocycles. The molecule has 1 aliphatic heterocycles. The van der Waals surface area contributed by atoms with Gasteiger partial charge in [-0.3, -0.25) is 4.79 Å². The molecular formula is C24H25NO5S. The molecule has 1 aliphatic carbocycles. The number of carbonyl (C=O) groups is 2. The van der Waals surface area contributed by atoms with Crippen molar-refractivity contribution in [2.45, 2.75) is 31.6 Å². The number of rotatable bonds is 6.